The van der Waals surface area contributed by atoms with E-state index in [4.69, 9.17) is 0 Å². The van der Waals surface area contributed by atoms with Crippen molar-refractivity contribution in [2.24, 2.45) is 0 Å². The zero-order chi connectivity index (χ0) is 41.5. The minimum atomic E-state index is -0.784. The molecule has 0 fully saturated rings. The summed E-state index contributed by atoms with van der Waals surface area (Å²) in [7, 11) is -1.57. The molecule has 0 N–H and O–H groups in total. The van der Waals surface area contributed by atoms with E-state index >= 15 is 0 Å². The van der Waals surface area contributed by atoms with E-state index in [0.717, 1.165) is 12.3 Å². The van der Waals surface area contributed by atoms with Crippen molar-refractivity contribution in [3.05, 3.63) is 254 Å². The normalized spacial score (nSPS) is 11.5. The van der Waals surface area contributed by atoms with Gasteiger partial charge in [-0.2, -0.15) is 0 Å². The predicted octanol–water partition coefficient (Wildman–Crippen LogP) is 15.2. The molecule has 0 saturated heterocycles. The van der Waals surface area contributed by atoms with Crippen molar-refractivity contribution in [1.82, 2.24) is 0 Å². The highest BCUT2D eigenvalue weighted by Crippen LogP contribution is 2.53. The van der Waals surface area contributed by atoms with Crippen molar-refractivity contribution < 1.29 is 0 Å². The molecule has 0 amide bonds. The van der Waals surface area contributed by atoms with Gasteiger partial charge in [-0.1, -0.05) is 230 Å². The molecule has 0 aliphatic heterocycles. The van der Waals surface area contributed by atoms with E-state index in [9.17, 15) is 0 Å². The zero-order valence-electron chi connectivity index (χ0n) is 34.2. The highest BCUT2D eigenvalue weighted by molar-refractivity contribution is 7.99. The fourth-order valence-electron chi connectivity index (χ4n) is 8.44. The first kappa shape index (κ1) is 40.4. The molecule has 10 aromatic rings. The zero-order valence-corrected chi connectivity index (χ0v) is 37.6. The van der Waals surface area contributed by atoms with Crippen LogP contribution in [0.4, 0.5) is 0 Å². The lowest BCUT2D eigenvalue weighted by Gasteiger charge is -2.28. The Balaban J connectivity index is 1.32. The summed E-state index contributed by atoms with van der Waals surface area (Å²) in [5.41, 5.74) is 5.54. The highest BCUT2D eigenvalue weighted by atomic mass is 32.2. The summed E-state index contributed by atoms with van der Waals surface area (Å²) in [4.78, 5) is 5.12. The Bertz CT molecular complexity index is 2760. The fourth-order valence-corrected chi connectivity index (χ4v) is 15.5. The molecule has 0 aliphatic rings. The Morgan fingerprint density at radius 1 is 0.290 bits per heavy atom. The molecule has 0 radical (unpaired) electrons. The molecule has 0 aliphatic carbocycles. The van der Waals surface area contributed by atoms with Crippen LogP contribution in [0.2, 0.25) is 0 Å². The van der Waals surface area contributed by atoms with Gasteiger partial charge >= 0.3 is 0 Å². The minimum Gasteiger partial charge on any atom is -0.0898 e. The summed E-state index contributed by atoms with van der Waals surface area (Å²) in [6, 6.07) is 90.1. The Morgan fingerprint density at radius 3 is 0.887 bits per heavy atom. The maximum Gasteiger partial charge on any atom is 0.0170 e. The summed E-state index contributed by atoms with van der Waals surface area (Å²) in [5.74, 6) is 0. The van der Waals surface area contributed by atoms with Crippen LogP contribution in [-0.2, 0) is 12.3 Å². The molecule has 298 valence electrons. The SMILES string of the molecule is c1ccc(Sc2cc3ccccc3c(-c3c(CP(c4ccccc4)c4ccccc4)c(Sc4ccccc4)cc4ccccc34)c2CP(c2ccccc2)c2ccccc2)cc1. The maximum absolute atomic E-state index is 2.47. The minimum absolute atomic E-state index is 0.784. The van der Waals surface area contributed by atoms with E-state index in [-0.39, 0.29) is 0 Å². The van der Waals surface area contributed by atoms with Crippen LogP contribution in [-0.4, -0.2) is 0 Å². The van der Waals surface area contributed by atoms with Crippen molar-refractivity contribution in [2.75, 3.05) is 0 Å². The Hall–Kier alpha value is -5.72. The average molecular weight is 867 g/mol. The summed E-state index contributed by atoms with van der Waals surface area (Å²) >= 11 is 3.81. The molecule has 0 nitrogen and oxygen atoms in total. The molecule has 0 aromatic heterocycles. The van der Waals surface area contributed by atoms with Gasteiger partial charge in [-0.05, 0) is 117 Å². The quantitative estimate of drug-likeness (QED) is 0.106. The molecule has 0 saturated carbocycles. The number of fused-ring (bicyclic) bond motifs is 2. The van der Waals surface area contributed by atoms with E-state index < -0.39 is 15.8 Å². The number of rotatable bonds is 13. The van der Waals surface area contributed by atoms with Crippen LogP contribution in [0.25, 0.3) is 32.7 Å². The second kappa shape index (κ2) is 19.1. The van der Waals surface area contributed by atoms with Gasteiger partial charge in [0.25, 0.3) is 0 Å². The molecule has 4 heteroatoms. The van der Waals surface area contributed by atoms with Gasteiger partial charge in [-0.15, -0.1) is 0 Å². The lowest BCUT2D eigenvalue weighted by atomic mass is 9.87. The first-order valence-corrected chi connectivity index (χ1v) is 25.8. The highest BCUT2D eigenvalue weighted by Gasteiger charge is 2.28. The molecule has 0 bridgehead atoms. The van der Waals surface area contributed by atoms with Gasteiger partial charge < -0.3 is 0 Å². The van der Waals surface area contributed by atoms with E-state index in [1.54, 1.807) is 0 Å². The standard InChI is InChI=1S/C58H44P2S2/c1-7-25-45(26-8-1)59(46-27-9-2-10-28-46)41-53-55(61-49-33-15-5-16-34-49)39-43-23-19-21-37-51(43)57(53)58-52-38-22-20-24-44(52)40-56(62-50-35-17-6-18-36-50)54(58)42-60(47-29-11-3-12-30-47)48-31-13-4-14-32-48/h1-40H,41-42H2. The third-order valence-electron chi connectivity index (χ3n) is 11.3. The van der Waals surface area contributed by atoms with Crippen LogP contribution < -0.4 is 21.2 Å². The van der Waals surface area contributed by atoms with Gasteiger partial charge in [0.1, 0.15) is 0 Å². The van der Waals surface area contributed by atoms with Gasteiger partial charge in [0.2, 0.25) is 0 Å². The van der Waals surface area contributed by atoms with Gasteiger partial charge in [-0.25, -0.2) is 0 Å². The van der Waals surface area contributed by atoms with Crippen LogP contribution in [0, 0.1) is 0 Å². The van der Waals surface area contributed by atoms with Gasteiger partial charge in [-0.3, -0.25) is 0 Å². The van der Waals surface area contributed by atoms with Gasteiger partial charge in [0, 0.05) is 31.9 Å². The van der Waals surface area contributed by atoms with Crippen LogP contribution in [0.3, 0.4) is 0 Å². The average Bonchev–Trinajstić information content (AvgIpc) is 3.34. The van der Waals surface area contributed by atoms with Crippen molar-refractivity contribution in [3.63, 3.8) is 0 Å². The van der Waals surface area contributed by atoms with E-state index in [1.165, 1.54) is 84.6 Å². The smallest absolute Gasteiger partial charge is 0.0170 e. The van der Waals surface area contributed by atoms with E-state index in [0.29, 0.717) is 0 Å². The third-order valence-corrected chi connectivity index (χ3v) is 18.5. The lowest BCUT2D eigenvalue weighted by Crippen LogP contribution is -2.15. The molecular weight excluding hydrogens is 823 g/mol. The molecular formula is C58H44P2S2. The molecule has 0 heterocycles. The number of hydrogen-bond acceptors (Lipinski definition) is 2. The topological polar surface area (TPSA) is 0 Å². The van der Waals surface area contributed by atoms with Crippen molar-refractivity contribution in [3.8, 4) is 11.1 Å². The predicted molar refractivity (Wildman–Crippen MR) is 274 cm³/mol. The third kappa shape index (κ3) is 8.81. The summed E-state index contributed by atoms with van der Waals surface area (Å²) in [6.07, 6.45) is 1.79. The van der Waals surface area contributed by atoms with E-state index in [2.05, 4.69) is 243 Å². The largest absolute Gasteiger partial charge is 0.0898 e. The maximum atomic E-state index is 2.47. The first-order valence-electron chi connectivity index (χ1n) is 21.1. The van der Waals surface area contributed by atoms with Crippen molar-refractivity contribution in [2.45, 2.75) is 31.9 Å². The van der Waals surface area contributed by atoms with Crippen LogP contribution in [0.1, 0.15) is 11.1 Å². The summed E-state index contributed by atoms with van der Waals surface area (Å²) in [6.45, 7) is 0. The summed E-state index contributed by atoms with van der Waals surface area (Å²) in [5, 5.41) is 10.7. The fraction of sp³-hybridized carbons (Fsp3) is 0.0345. The van der Waals surface area contributed by atoms with Crippen LogP contribution in [0.5, 0.6) is 0 Å². The molecule has 10 rings (SSSR count). The number of hydrogen-bond donors (Lipinski definition) is 0. The second-order valence-electron chi connectivity index (χ2n) is 15.2. The Kier molecular flexibility index (Phi) is 12.5. The molecule has 62 heavy (non-hydrogen) atoms. The monoisotopic (exact) mass is 866 g/mol. The Labute approximate surface area is 376 Å². The Morgan fingerprint density at radius 2 is 0.565 bits per heavy atom. The molecule has 0 spiro atoms. The molecule has 0 unspecified atom stereocenters. The first-order chi connectivity index (χ1) is 30.8. The molecule has 10 aromatic carbocycles. The number of benzene rings is 10. The van der Waals surface area contributed by atoms with Gasteiger partial charge in [0.05, 0.1) is 0 Å². The summed E-state index contributed by atoms with van der Waals surface area (Å²) < 4.78 is 0. The lowest BCUT2D eigenvalue weighted by molar-refractivity contribution is 1.24. The van der Waals surface area contributed by atoms with Crippen LogP contribution in [0.15, 0.2) is 262 Å². The van der Waals surface area contributed by atoms with Crippen LogP contribution >= 0.6 is 39.4 Å². The van der Waals surface area contributed by atoms with Gasteiger partial charge in [0.15, 0.2) is 0 Å². The van der Waals surface area contributed by atoms with Crippen molar-refractivity contribution >= 4 is 82.1 Å². The van der Waals surface area contributed by atoms with Crippen molar-refractivity contribution in [1.29, 1.82) is 0 Å². The second-order valence-corrected chi connectivity index (χ2v) is 21.9. The molecule has 0 atom stereocenters. The van der Waals surface area contributed by atoms with E-state index in [1.807, 2.05) is 23.5 Å².